The topological polar surface area (TPSA) is 53.2 Å². The van der Waals surface area contributed by atoms with Crippen LogP contribution in [0.15, 0.2) is 79.4 Å². The molecule has 1 amide bonds. The normalized spacial score (nSPS) is 10.6. The van der Waals surface area contributed by atoms with Crippen LogP contribution in [0.5, 0.6) is 0 Å². The van der Waals surface area contributed by atoms with E-state index in [4.69, 9.17) is 0 Å². The number of nitrogens with one attached hydrogen (secondary N) is 2. The zero-order valence-electron chi connectivity index (χ0n) is 15.3. The molecule has 7 heteroatoms. The largest absolute Gasteiger partial charge is 0.272 e. The fourth-order valence-corrected chi connectivity index (χ4v) is 3.29. The van der Waals surface area contributed by atoms with Gasteiger partial charge in [-0.3, -0.25) is 10.2 Å². The molecule has 140 valence electrons. The number of aromatic nitrogens is 2. The van der Waals surface area contributed by atoms with Crippen molar-refractivity contribution in [2.75, 3.05) is 10.9 Å². The Kier molecular flexibility index (Phi) is 6.90. The Morgan fingerprint density at radius 3 is 2.48 bits per heavy atom. The molecule has 6 nitrogen and oxygen atoms in total. The quantitative estimate of drug-likeness (QED) is 0.440. The first-order valence-electron chi connectivity index (χ1n) is 8.71. The Morgan fingerprint density at radius 2 is 1.81 bits per heavy atom. The first-order valence-corrected chi connectivity index (χ1v) is 9.87. The third-order valence-corrected chi connectivity index (χ3v) is 4.83. The number of aryl methyl sites for hydroxylation is 1. The van der Waals surface area contributed by atoms with E-state index >= 15 is 0 Å². The zero-order chi connectivity index (χ0) is 18.9. The number of hydrazine groups is 2. The number of hydrogen-bond acceptors (Lipinski definition) is 4. The number of nitrogens with zero attached hydrogens (tertiary/aromatic N) is 3. The van der Waals surface area contributed by atoms with Crippen LogP contribution in [-0.4, -0.2) is 16.2 Å². The standard InChI is InChI=1S/C20H23N5OS/c1-23-12-13-24(17-23)16-21-25(19-10-6-3-7-11-19)22-20(26)15-27-14-18-8-4-2-5-9-18/h2-13,17,21H,14-16H2,1H3/p+1. The van der Waals surface area contributed by atoms with Crippen molar-refractivity contribution in [2.24, 2.45) is 7.05 Å². The van der Waals surface area contributed by atoms with Gasteiger partial charge in [0.15, 0.2) is 6.67 Å². The third kappa shape index (κ3) is 6.16. The summed E-state index contributed by atoms with van der Waals surface area (Å²) in [4.78, 5) is 12.4. The highest BCUT2D eigenvalue weighted by Gasteiger charge is 2.11. The van der Waals surface area contributed by atoms with E-state index in [9.17, 15) is 4.79 Å². The number of amides is 1. The molecule has 1 heterocycles. The second-order valence-electron chi connectivity index (χ2n) is 6.09. The summed E-state index contributed by atoms with van der Waals surface area (Å²) in [5.74, 6) is 1.15. The summed E-state index contributed by atoms with van der Waals surface area (Å²) in [5, 5.41) is 1.67. The number of carbonyl (C=O) groups excluding carboxylic acids is 1. The fourth-order valence-electron chi connectivity index (χ4n) is 2.51. The number of hydrogen-bond donors (Lipinski definition) is 2. The van der Waals surface area contributed by atoms with Gasteiger partial charge in [-0.2, -0.15) is 5.43 Å². The smallest absolute Gasteiger partial charge is 0.249 e. The monoisotopic (exact) mass is 382 g/mol. The molecule has 0 atom stereocenters. The maximum absolute atomic E-state index is 12.4. The van der Waals surface area contributed by atoms with Gasteiger partial charge in [-0.25, -0.2) is 14.3 Å². The molecule has 0 aliphatic rings. The average Bonchev–Trinajstić information content (AvgIpc) is 3.12. The number of thioether (sulfide) groups is 1. The summed E-state index contributed by atoms with van der Waals surface area (Å²) in [6.07, 6.45) is 5.90. The van der Waals surface area contributed by atoms with E-state index in [0.717, 1.165) is 11.4 Å². The predicted molar refractivity (Wildman–Crippen MR) is 108 cm³/mol. The van der Waals surface area contributed by atoms with Gasteiger partial charge in [0.1, 0.15) is 12.4 Å². The minimum Gasteiger partial charge on any atom is -0.272 e. The lowest BCUT2D eigenvalue weighted by molar-refractivity contribution is -0.671. The molecule has 0 spiro atoms. The molecule has 0 unspecified atom stereocenters. The SMILES string of the molecule is C[n+]1ccn(CNN(NC(=O)CSCc2ccccc2)c2ccccc2)c1. The van der Waals surface area contributed by atoms with Gasteiger partial charge in [-0.1, -0.05) is 48.5 Å². The van der Waals surface area contributed by atoms with E-state index < -0.39 is 0 Å². The fraction of sp³-hybridized carbons (Fsp3) is 0.200. The molecule has 27 heavy (non-hydrogen) atoms. The summed E-state index contributed by atoms with van der Waals surface area (Å²) in [6.45, 7) is 0.535. The van der Waals surface area contributed by atoms with Gasteiger partial charge in [-0.15, -0.1) is 11.8 Å². The Morgan fingerprint density at radius 1 is 1.11 bits per heavy atom. The van der Waals surface area contributed by atoms with Crippen LogP contribution in [0.25, 0.3) is 0 Å². The van der Waals surface area contributed by atoms with Gasteiger partial charge in [0, 0.05) is 5.75 Å². The van der Waals surface area contributed by atoms with Gasteiger partial charge in [-0.05, 0) is 17.7 Å². The lowest BCUT2D eigenvalue weighted by Crippen LogP contribution is -2.52. The molecule has 2 aromatic carbocycles. The summed E-state index contributed by atoms with van der Waals surface area (Å²) < 4.78 is 3.96. The van der Waals surface area contributed by atoms with Crippen LogP contribution in [-0.2, 0) is 24.3 Å². The second kappa shape index (κ2) is 9.80. The number of rotatable bonds is 9. The van der Waals surface area contributed by atoms with Crippen molar-refractivity contribution in [1.29, 1.82) is 0 Å². The lowest BCUT2D eigenvalue weighted by Gasteiger charge is -2.25. The number of benzene rings is 2. The molecule has 2 N–H and O–H groups in total. The van der Waals surface area contributed by atoms with Crippen molar-refractivity contribution >= 4 is 23.4 Å². The molecule has 3 aromatic rings. The van der Waals surface area contributed by atoms with Crippen molar-refractivity contribution in [1.82, 2.24) is 15.4 Å². The first kappa shape index (κ1) is 19.0. The Labute approximate surface area is 163 Å². The molecule has 0 saturated carbocycles. The minimum atomic E-state index is -0.0506. The molecule has 3 rings (SSSR count). The predicted octanol–water partition coefficient (Wildman–Crippen LogP) is 2.25. The summed E-state index contributed by atoms with van der Waals surface area (Å²) in [6, 6.07) is 19.9. The molecule has 0 bridgehead atoms. The van der Waals surface area contributed by atoms with Crippen LogP contribution in [0.2, 0.25) is 0 Å². The Balaban J connectivity index is 1.54. The Hall–Kier alpha value is -2.77. The van der Waals surface area contributed by atoms with Crippen molar-refractivity contribution in [2.45, 2.75) is 12.4 Å². The van der Waals surface area contributed by atoms with E-state index in [1.54, 1.807) is 16.9 Å². The van der Waals surface area contributed by atoms with Crippen LogP contribution in [0.1, 0.15) is 5.56 Å². The summed E-state index contributed by atoms with van der Waals surface area (Å²) in [5.41, 5.74) is 8.27. The van der Waals surface area contributed by atoms with Gasteiger partial charge in [0.05, 0.1) is 18.5 Å². The van der Waals surface area contributed by atoms with Crippen LogP contribution >= 0.6 is 11.8 Å². The van der Waals surface area contributed by atoms with Crippen LogP contribution in [0.4, 0.5) is 5.69 Å². The van der Waals surface area contributed by atoms with E-state index in [-0.39, 0.29) is 5.91 Å². The van der Waals surface area contributed by atoms with Crippen LogP contribution in [0.3, 0.4) is 0 Å². The highest BCUT2D eigenvalue weighted by atomic mass is 32.2. The zero-order valence-corrected chi connectivity index (χ0v) is 16.1. The highest BCUT2D eigenvalue weighted by molar-refractivity contribution is 7.99. The number of anilines is 1. The summed E-state index contributed by atoms with van der Waals surface area (Å²) >= 11 is 1.59. The van der Waals surface area contributed by atoms with Crippen LogP contribution in [0, 0.1) is 0 Å². The number of imidazole rings is 1. The first-order chi connectivity index (χ1) is 13.2. The molecule has 0 fully saturated rings. The minimum absolute atomic E-state index is 0.0506. The molecule has 0 aliphatic carbocycles. The van der Waals surface area contributed by atoms with Gasteiger partial charge in [0.25, 0.3) is 0 Å². The molecular weight excluding hydrogens is 358 g/mol. The van der Waals surface area contributed by atoms with Gasteiger partial charge >= 0.3 is 0 Å². The van der Waals surface area contributed by atoms with Crippen molar-refractivity contribution < 1.29 is 9.36 Å². The Bertz CT molecular complexity index is 838. The van der Waals surface area contributed by atoms with Crippen molar-refractivity contribution in [3.63, 3.8) is 0 Å². The lowest BCUT2D eigenvalue weighted by atomic mass is 10.2. The third-order valence-electron chi connectivity index (χ3n) is 3.83. The van der Waals surface area contributed by atoms with Gasteiger partial charge < -0.3 is 0 Å². The summed E-state index contributed by atoms with van der Waals surface area (Å²) in [7, 11) is 1.97. The van der Waals surface area contributed by atoms with E-state index in [1.165, 1.54) is 5.56 Å². The maximum Gasteiger partial charge on any atom is 0.249 e. The molecular formula is C20H24N5OS+. The molecule has 1 aromatic heterocycles. The maximum atomic E-state index is 12.4. The molecule has 0 aliphatic heterocycles. The number of para-hydroxylation sites is 1. The second-order valence-corrected chi connectivity index (χ2v) is 7.08. The van der Waals surface area contributed by atoms with E-state index in [0.29, 0.717) is 12.4 Å². The van der Waals surface area contributed by atoms with E-state index in [1.807, 2.05) is 83.4 Å². The van der Waals surface area contributed by atoms with Crippen molar-refractivity contribution in [3.05, 3.63) is 84.9 Å². The molecule has 0 radical (unpaired) electrons. The van der Waals surface area contributed by atoms with Crippen LogP contribution < -0.4 is 20.5 Å². The van der Waals surface area contributed by atoms with E-state index in [2.05, 4.69) is 23.0 Å². The molecule has 0 saturated heterocycles. The van der Waals surface area contributed by atoms with Gasteiger partial charge in [0.2, 0.25) is 12.2 Å². The average molecular weight is 383 g/mol. The highest BCUT2D eigenvalue weighted by Crippen LogP contribution is 2.12. The van der Waals surface area contributed by atoms with Crippen molar-refractivity contribution in [3.8, 4) is 0 Å². The number of carbonyl (C=O) groups is 1.